The minimum absolute atomic E-state index is 0.0851. The largest absolute Gasteiger partial charge is 0.383 e. The number of nitrogens with one attached hydrogen (secondary N) is 1. The Hall–Kier alpha value is -3.32. The van der Waals surface area contributed by atoms with Crippen LogP contribution in [0, 0.1) is 23.0 Å². The van der Waals surface area contributed by atoms with E-state index in [1.54, 1.807) is 30.3 Å². The first-order valence-corrected chi connectivity index (χ1v) is 10.4. The zero-order chi connectivity index (χ0) is 23.3. The third-order valence-electron chi connectivity index (χ3n) is 4.29. The Balaban J connectivity index is 2.32. The number of benzene rings is 2. The molecule has 2 aromatic carbocycles. The second-order valence-electron chi connectivity index (χ2n) is 6.44. The first-order valence-electron chi connectivity index (χ1n) is 9.22. The molecule has 1 heterocycles. The first-order chi connectivity index (χ1) is 15.3. The summed E-state index contributed by atoms with van der Waals surface area (Å²) in [5.74, 6) is -2.59. The Morgan fingerprint density at radius 3 is 2.62 bits per heavy atom. The smallest absolute Gasteiger partial charge is 0.273 e. The first kappa shape index (κ1) is 23.3. The molecule has 3 rings (SSSR count). The van der Waals surface area contributed by atoms with Crippen molar-refractivity contribution in [3.05, 3.63) is 84.2 Å². The zero-order valence-electron chi connectivity index (χ0n) is 16.7. The summed E-state index contributed by atoms with van der Waals surface area (Å²) in [5, 5.41) is 12.7. The van der Waals surface area contributed by atoms with Gasteiger partial charge in [-0.25, -0.2) is 8.78 Å². The van der Waals surface area contributed by atoms with Crippen LogP contribution in [0.15, 0.2) is 47.3 Å². The second kappa shape index (κ2) is 10.3. The van der Waals surface area contributed by atoms with Gasteiger partial charge in [0, 0.05) is 24.7 Å². The molecular formula is C22H16ClF2N3O3S. The van der Waals surface area contributed by atoms with E-state index >= 15 is 0 Å². The minimum atomic E-state index is -1.01. The average molecular weight is 476 g/mol. The van der Waals surface area contributed by atoms with Gasteiger partial charge >= 0.3 is 0 Å². The van der Waals surface area contributed by atoms with Crippen LogP contribution < -0.4 is 20.1 Å². The summed E-state index contributed by atoms with van der Waals surface area (Å²) in [6, 6.07) is 11.1. The fourth-order valence-electron chi connectivity index (χ4n) is 2.79. The second-order valence-corrected chi connectivity index (χ2v) is 7.91. The summed E-state index contributed by atoms with van der Waals surface area (Å²) in [6.45, 7) is 0.342. The van der Waals surface area contributed by atoms with Crippen LogP contribution in [0.25, 0.3) is 17.3 Å². The van der Waals surface area contributed by atoms with E-state index < -0.39 is 23.1 Å². The van der Waals surface area contributed by atoms with Gasteiger partial charge < -0.3 is 10.1 Å². The molecule has 0 spiro atoms. The van der Waals surface area contributed by atoms with Crippen molar-refractivity contribution >= 4 is 40.5 Å². The van der Waals surface area contributed by atoms with Gasteiger partial charge in [0.2, 0.25) is 0 Å². The normalized spacial score (nSPS) is 12.4. The lowest BCUT2D eigenvalue weighted by atomic mass is 10.2. The Morgan fingerprint density at radius 1 is 1.28 bits per heavy atom. The number of nitriles is 1. The number of hydrogen-bond donors (Lipinski definition) is 1. The lowest BCUT2D eigenvalue weighted by Gasteiger charge is -2.06. The molecule has 6 nitrogen and oxygen atoms in total. The lowest BCUT2D eigenvalue weighted by Crippen LogP contribution is -2.35. The molecule has 0 radical (unpaired) electrons. The van der Waals surface area contributed by atoms with Crippen LogP contribution in [0.2, 0.25) is 5.02 Å². The van der Waals surface area contributed by atoms with Gasteiger partial charge in [0.25, 0.3) is 11.5 Å². The standard InChI is InChI=1S/C22H16ClF2N3O3S/c1-31-9-8-27-20(29)16(12-26)22-28(18-7-6-15(24)11-17(18)25)21(30)19(32-22)10-13-2-4-14(23)5-3-13/h2-7,10-11H,8-9H2,1H3,(H,27,29)/b19-10-,22-16-. The van der Waals surface area contributed by atoms with Crippen molar-refractivity contribution in [1.29, 1.82) is 5.26 Å². The number of halogens is 3. The van der Waals surface area contributed by atoms with Crippen LogP contribution in [0.3, 0.4) is 0 Å². The van der Waals surface area contributed by atoms with Crippen molar-refractivity contribution < 1.29 is 18.3 Å². The predicted octanol–water partition coefficient (Wildman–Crippen LogP) is 2.10. The van der Waals surface area contributed by atoms with E-state index in [1.165, 1.54) is 13.2 Å². The monoisotopic (exact) mass is 475 g/mol. The summed E-state index contributed by atoms with van der Waals surface area (Å²) in [5.41, 5.74) is -0.699. The number of aromatic nitrogens is 1. The number of hydrogen-bond acceptors (Lipinski definition) is 5. The van der Waals surface area contributed by atoms with Crippen molar-refractivity contribution in [2.24, 2.45) is 0 Å². The van der Waals surface area contributed by atoms with E-state index in [0.29, 0.717) is 16.7 Å². The fourth-order valence-corrected chi connectivity index (χ4v) is 4.01. The van der Waals surface area contributed by atoms with Gasteiger partial charge in [-0.3, -0.25) is 14.2 Å². The molecular weight excluding hydrogens is 460 g/mol. The maximum atomic E-state index is 14.6. The number of ether oxygens (including phenoxy) is 1. The van der Waals surface area contributed by atoms with Crippen LogP contribution in [0.5, 0.6) is 0 Å². The van der Waals surface area contributed by atoms with Crippen molar-refractivity contribution in [2.75, 3.05) is 20.3 Å². The average Bonchev–Trinajstić information content (AvgIpc) is 3.06. The summed E-state index contributed by atoms with van der Waals surface area (Å²) in [6.07, 6.45) is 1.53. The number of carbonyl (C=O) groups is 1. The van der Waals surface area contributed by atoms with Crippen molar-refractivity contribution in [3.63, 3.8) is 0 Å². The number of nitrogens with zero attached hydrogens (tertiary/aromatic N) is 2. The zero-order valence-corrected chi connectivity index (χ0v) is 18.3. The number of methoxy groups -OCH3 is 1. The Morgan fingerprint density at radius 2 is 2.00 bits per heavy atom. The molecule has 10 heteroatoms. The highest BCUT2D eigenvalue weighted by atomic mass is 35.5. The number of rotatable bonds is 6. The molecule has 0 saturated carbocycles. The van der Waals surface area contributed by atoms with Crippen LogP contribution in [-0.4, -0.2) is 30.7 Å². The number of amides is 1. The Labute approximate surface area is 190 Å². The highest BCUT2D eigenvalue weighted by Crippen LogP contribution is 2.13. The summed E-state index contributed by atoms with van der Waals surface area (Å²) >= 11 is 6.73. The third kappa shape index (κ3) is 5.11. The molecule has 1 amide bonds. The number of carbonyl (C=O) groups excluding carboxylic acids is 1. The van der Waals surface area contributed by atoms with Gasteiger partial charge in [-0.2, -0.15) is 5.26 Å². The van der Waals surface area contributed by atoms with Gasteiger partial charge in [-0.15, -0.1) is 11.3 Å². The Kier molecular flexibility index (Phi) is 7.53. The molecule has 0 aliphatic rings. The molecule has 0 bridgehead atoms. The van der Waals surface area contributed by atoms with Crippen molar-refractivity contribution in [3.8, 4) is 11.8 Å². The molecule has 1 aromatic heterocycles. The van der Waals surface area contributed by atoms with Gasteiger partial charge in [-0.05, 0) is 35.9 Å². The fraction of sp³-hybridized carbons (Fsp3) is 0.136. The van der Waals surface area contributed by atoms with Crippen molar-refractivity contribution in [2.45, 2.75) is 0 Å². The van der Waals surface area contributed by atoms with Crippen LogP contribution in [0.4, 0.5) is 8.78 Å². The highest BCUT2D eigenvalue weighted by molar-refractivity contribution is 7.07. The molecule has 0 aliphatic carbocycles. The summed E-state index contributed by atoms with van der Waals surface area (Å²) in [4.78, 5) is 25.8. The molecule has 164 valence electrons. The van der Waals surface area contributed by atoms with Crippen LogP contribution in [0.1, 0.15) is 5.56 Å². The quantitative estimate of drug-likeness (QED) is 0.553. The maximum Gasteiger partial charge on any atom is 0.273 e. The van der Waals surface area contributed by atoms with Gasteiger partial charge in [0.05, 0.1) is 16.8 Å². The molecule has 0 saturated heterocycles. The molecule has 0 fully saturated rings. The molecule has 1 N–H and O–H groups in total. The van der Waals surface area contributed by atoms with E-state index in [-0.39, 0.29) is 33.6 Å². The molecule has 0 aliphatic heterocycles. The topological polar surface area (TPSA) is 84.1 Å². The molecule has 3 aromatic rings. The Bertz CT molecular complexity index is 1380. The van der Waals surface area contributed by atoms with E-state index in [9.17, 15) is 23.6 Å². The van der Waals surface area contributed by atoms with Crippen LogP contribution in [-0.2, 0) is 9.53 Å². The third-order valence-corrected chi connectivity index (χ3v) is 5.63. The highest BCUT2D eigenvalue weighted by Gasteiger charge is 2.19. The minimum Gasteiger partial charge on any atom is -0.383 e. The van der Waals surface area contributed by atoms with Gasteiger partial charge in [0.15, 0.2) is 5.57 Å². The molecule has 0 atom stereocenters. The predicted molar refractivity (Wildman–Crippen MR) is 118 cm³/mol. The molecule has 0 unspecified atom stereocenters. The van der Waals surface area contributed by atoms with Crippen molar-refractivity contribution in [1.82, 2.24) is 9.88 Å². The lowest BCUT2D eigenvalue weighted by molar-refractivity contribution is -0.115. The summed E-state index contributed by atoms with van der Waals surface area (Å²) in [7, 11) is 1.45. The maximum absolute atomic E-state index is 14.6. The SMILES string of the molecule is COCCNC(=O)/C(C#N)=c1\s/c(=C\c2ccc(Cl)cc2)c(=O)n1-c1ccc(F)cc1F. The number of thiazole rings is 1. The van der Waals surface area contributed by atoms with Gasteiger partial charge in [0.1, 0.15) is 22.4 Å². The van der Waals surface area contributed by atoms with Gasteiger partial charge in [-0.1, -0.05) is 23.7 Å². The van der Waals surface area contributed by atoms with E-state index in [0.717, 1.165) is 28.0 Å². The summed E-state index contributed by atoms with van der Waals surface area (Å²) < 4.78 is 33.8. The van der Waals surface area contributed by atoms with E-state index in [4.69, 9.17) is 16.3 Å². The molecule has 32 heavy (non-hydrogen) atoms. The van der Waals surface area contributed by atoms with E-state index in [1.807, 2.05) is 0 Å². The van der Waals surface area contributed by atoms with E-state index in [2.05, 4.69) is 5.32 Å². The van der Waals surface area contributed by atoms with Crippen LogP contribution >= 0.6 is 22.9 Å².